The molecular formula is C13H16F3N3O. The predicted octanol–water partition coefficient (Wildman–Crippen LogP) is 3.03. The number of aryl methyl sites for hydroxylation is 1. The molecule has 7 heteroatoms. The van der Waals surface area contributed by atoms with Crippen molar-refractivity contribution in [3.63, 3.8) is 0 Å². The number of fused-ring (bicyclic) bond motifs is 1. The molecule has 1 aromatic carbocycles. The molecule has 0 radical (unpaired) electrons. The van der Waals surface area contributed by atoms with Gasteiger partial charge in [-0.05, 0) is 18.6 Å². The van der Waals surface area contributed by atoms with E-state index in [2.05, 4.69) is 15.3 Å². The van der Waals surface area contributed by atoms with E-state index in [-0.39, 0.29) is 6.54 Å². The molecule has 0 unspecified atom stereocenters. The quantitative estimate of drug-likeness (QED) is 0.655. The molecule has 0 aliphatic heterocycles. The van der Waals surface area contributed by atoms with Gasteiger partial charge in [0.2, 0.25) is 0 Å². The van der Waals surface area contributed by atoms with E-state index in [1.165, 1.54) is 0 Å². The van der Waals surface area contributed by atoms with Crippen molar-refractivity contribution in [2.45, 2.75) is 32.6 Å². The number of rotatable bonds is 6. The van der Waals surface area contributed by atoms with Crippen molar-refractivity contribution in [1.29, 1.82) is 0 Å². The molecule has 4 nitrogen and oxygen atoms in total. The van der Waals surface area contributed by atoms with Crippen molar-refractivity contribution in [3.05, 3.63) is 30.1 Å². The molecule has 1 aromatic heterocycles. The minimum Gasteiger partial charge on any atom is -0.327 e. The first-order valence-electron chi connectivity index (χ1n) is 6.37. The number of imidazole rings is 1. The van der Waals surface area contributed by atoms with Gasteiger partial charge >= 0.3 is 6.18 Å². The van der Waals surface area contributed by atoms with Gasteiger partial charge in [-0.1, -0.05) is 19.1 Å². The lowest BCUT2D eigenvalue weighted by molar-refractivity contribution is -0.190. The Kier molecular flexibility index (Phi) is 4.61. The maximum atomic E-state index is 12.0. The van der Waals surface area contributed by atoms with Crippen LogP contribution in [0.5, 0.6) is 0 Å². The molecule has 20 heavy (non-hydrogen) atoms. The van der Waals surface area contributed by atoms with Crippen LogP contribution in [0.4, 0.5) is 13.2 Å². The van der Waals surface area contributed by atoms with Crippen LogP contribution in [0.15, 0.2) is 24.3 Å². The van der Waals surface area contributed by atoms with E-state index in [0.29, 0.717) is 5.82 Å². The molecule has 0 amide bonds. The fraction of sp³-hybridized carbons (Fsp3) is 0.462. The summed E-state index contributed by atoms with van der Waals surface area (Å²) in [5.74, 6) is 0.662. The van der Waals surface area contributed by atoms with Gasteiger partial charge in [-0.3, -0.25) is 4.84 Å². The summed E-state index contributed by atoms with van der Waals surface area (Å²) in [6.07, 6.45) is -3.42. The third-order valence-corrected chi connectivity index (χ3v) is 2.75. The van der Waals surface area contributed by atoms with Gasteiger partial charge in [-0.25, -0.2) is 4.98 Å². The number of hydrogen-bond donors (Lipinski definition) is 1. The van der Waals surface area contributed by atoms with Gasteiger partial charge < -0.3 is 4.57 Å². The molecule has 0 fully saturated rings. The highest BCUT2D eigenvalue weighted by Crippen LogP contribution is 2.17. The van der Waals surface area contributed by atoms with Gasteiger partial charge in [0.05, 0.1) is 17.6 Å². The van der Waals surface area contributed by atoms with Crippen LogP contribution >= 0.6 is 0 Å². The van der Waals surface area contributed by atoms with E-state index in [9.17, 15) is 13.2 Å². The molecule has 1 N–H and O–H groups in total. The van der Waals surface area contributed by atoms with Crippen LogP contribution < -0.4 is 5.48 Å². The molecule has 0 bridgehead atoms. The number of halogens is 3. The first-order chi connectivity index (χ1) is 9.51. The Balaban J connectivity index is 2.07. The second-order valence-corrected chi connectivity index (χ2v) is 4.39. The van der Waals surface area contributed by atoms with Gasteiger partial charge in [-0.2, -0.15) is 18.7 Å². The molecular weight excluding hydrogens is 271 g/mol. The number of nitrogens with one attached hydrogen (secondary N) is 1. The molecule has 0 saturated carbocycles. The van der Waals surface area contributed by atoms with Crippen LogP contribution in [0.1, 0.15) is 19.2 Å². The molecule has 0 spiro atoms. The SMILES string of the molecule is CCCn1c(CNOCC(F)(F)F)nc2ccccc21. The summed E-state index contributed by atoms with van der Waals surface area (Å²) < 4.78 is 37.9. The number of para-hydroxylation sites is 2. The van der Waals surface area contributed by atoms with Crippen LogP contribution in [0.2, 0.25) is 0 Å². The van der Waals surface area contributed by atoms with Crippen molar-refractivity contribution in [1.82, 2.24) is 15.0 Å². The zero-order valence-corrected chi connectivity index (χ0v) is 11.1. The molecule has 2 rings (SSSR count). The normalized spacial score (nSPS) is 12.2. The van der Waals surface area contributed by atoms with E-state index in [0.717, 1.165) is 24.0 Å². The first-order valence-corrected chi connectivity index (χ1v) is 6.37. The van der Waals surface area contributed by atoms with E-state index < -0.39 is 12.8 Å². The summed E-state index contributed by atoms with van der Waals surface area (Å²) in [5, 5.41) is 0. The fourth-order valence-corrected chi connectivity index (χ4v) is 1.98. The summed E-state index contributed by atoms with van der Waals surface area (Å²) in [7, 11) is 0. The number of hydrogen-bond acceptors (Lipinski definition) is 3. The van der Waals surface area contributed by atoms with Crippen LogP contribution in [-0.4, -0.2) is 22.3 Å². The second kappa shape index (κ2) is 6.23. The smallest absolute Gasteiger partial charge is 0.327 e. The Labute approximate surface area is 114 Å². The Morgan fingerprint density at radius 2 is 2.05 bits per heavy atom. The summed E-state index contributed by atoms with van der Waals surface area (Å²) in [5.41, 5.74) is 4.12. The number of benzene rings is 1. The highest BCUT2D eigenvalue weighted by Gasteiger charge is 2.27. The standard InChI is InChI=1S/C13H16F3N3O/c1-2-7-19-11-6-4-3-5-10(11)18-12(19)8-17-20-9-13(14,15)16/h3-6,17H,2,7-9H2,1H3. The number of nitrogens with zero attached hydrogens (tertiary/aromatic N) is 2. The van der Waals surface area contributed by atoms with Crippen LogP contribution in [0.25, 0.3) is 11.0 Å². The van der Waals surface area contributed by atoms with E-state index in [1.807, 2.05) is 35.8 Å². The van der Waals surface area contributed by atoms with Crippen molar-refractivity contribution >= 4 is 11.0 Å². The number of aromatic nitrogens is 2. The van der Waals surface area contributed by atoms with Crippen molar-refractivity contribution in [2.24, 2.45) is 0 Å². The summed E-state index contributed by atoms with van der Waals surface area (Å²) in [6, 6.07) is 7.61. The topological polar surface area (TPSA) is 39.1 Å². The molecule has 110 valence electrons. The van der Waals surface area contributed by atoms with Gasteiger partial charge in [-0.15, -0.1) is 0 Å². The van der Waals surface area contributed by atoms with Crippen LogP contribution in [0, 0.1) is 0 Å². The van der Waals surface area contributed by atoms with Gasteiger partial charge in [0, 0.05) is 6.54 Å². The Morgan fingerprint density at radius 1 is 1.30 bits per heavy atom. The second-order valence-electron chi connectivity index (χ2n) is 4.39. The zero-order chi connectivity index (χ0) is 14.6. The minimum absolute atomic E-state index is 0.130. The number of alkyl halides is 3. The predicted molar refractivity (Wildman–Crippen MR) is 68.9 cm³/mol. The lowest BCUT2D eigenvalue weighted by atomic mass is 10.3. The molecule has 2 aromatic rings. The molecule has 0 aliphatic rings. The third-order valence-electron chi connectivity index (χ3n) is 2.75. The molecule has 0 aliphatic carbocycles. The first kappa shape index (κ1) is 14.8. The molecule has 1 heterocycles. The van der Waals surface area contributed by atoms with Gasteiger partial charge in [0.1, 0.15) is 5.82 Å². The lowest BCUT2D eigenvalue weighted by Crippen LogP contribution is -2.25. The Hall–Kier alpha value is -1.60. The van der Waals surface area contributed by atoms with Crippen LogP contribution in [0.3, 0.4) is 0 Å². The summed E-state index contributed by atoms with van der Waals surface area (Å²) in [4.78, 5) is 8.81. The van der Waals surface area contributed by atoms with Crippen molar-refractivity contribution in [3.8, 4) is 0 Å². The Bertz CT molecular complexity index is 565. The minimum atomic E-state index is -4.34. The van der Waals surface area contributed by atoms with Gasteiger partial charge in [0.25, 0.3) is 0 Å². The molecule has 0 atom stereocenters. The molecule has 0 saturated heterocycles. The van der Waals surface area contributed by atoms with E-state index >= 15 is 0 Å². The largest absolute Gasteiger partial charge is 0.413 e. The summed E-state index contributed by atoms with van der Waals surface area (Å²) in [6.45, 7) is 1.61. The highest BCUT2D eigenvalue weighted by atomic mass is 19.4. The summed E-state index contributed by atoms with van der Waals surface area (Å²) >= 11 is 0. The van der Waals surface area contributed by atoms with E-state index in [1.54, 1.807) is 0 Å². The fourth-order valence-electron chi connectivity index (χ4n) is 1.98. The average molecular weight is 287 g/mol. The maximum Gasteiger partial charge on any atom is 0.413 e. The highest BCUT2D eigenvalue weighted by molar-refractivity contribution is 5.75. The van der Waals surface area contributed by atoms with E-state index in [4.69, 9.17) is 0 Å². The zero-order valence-electron chi connectivity index (χ0n) is 11.1. The lowest BCUT2D eigenvalue weighted by Gasteiger charge is -2.10. The number of hydroxylamine groups is 1. The van der Waals surface area contributed by atoms with Crippen molar-refractivity contribution < 1.29 is 18.0 Å². The van der Waals surface area contributed by atoms with Gasteiger partial charge in [0.15, 0.2) is 6.61 Å². The average Bonchev–Trinajstić information content (AvgIpc) is 2.73. The Morgan fingerprint density at radius 3 is 2.75 bits per heavy atom. The monoisotopic (exact) mass is 287 g/mol. The maximum absolute atomic E-state index is 12.0. The van der Waals surface area contributed by atoms with Crippen molar-refractivity contribution in [2.75, 3.05) is 6.61 Å². The van der Waals surface area contributed by atoms with Crippen LogP contribution in [-0.2, 0) is 17.9 Å². The third kappa shape index (κ3) is 3.71.